The summed E-state index contributed by atoms with van der Waals surface area (Å²) in [6.07, 6.45) is 0. The van der Waals surface area contributed by atoms with Crippen LogP contribution < -0.4 is 4.74 Å². The van der Waals surface area contributed by atoms with Crippen LogP contribution in [-0.2, 0) is 9.53 Å². The molecule has 0 aliphatic carbocycles. The molecule has 0 bridgehead atoms. The van der Waals surface area contributed by atoms with Crippen molar-refractivity contribution in [1.82, 2.24) is 9.80 Å². The molecule has 0 aromatic heterocycles. The van der Waals surface area contributed by atoms with Crippen LogP contribution in [0.5, 0.6) is 11.5 Å². The molecule has 2 aromatic rings. The molecule has 2 aliphatic rings. The highest BCUT2D eigenvalue weighted by molar-refractivity contribution is 6.30. The molecule has 176 valence electrons. The zero-order valence-corrected chi connectivity index (χ0v) is 20.8. The molecule has 2 aromatic carbocycles. The molecule has 0 saturated carbocycles. The second-order valence-corrected chi connectivity index (χ2v) is 10.1. The number of esters is 1. The first-order chi connectivity index (χ1) is 15.7. The summed E-state index contributed by atoms with van der Waals surface area (Å²) in [6, 6.07) is 11.9. The topological polar surface area (TPSA) is 54.4 Å². The third-order valence-corrected chi connectivity index (χ3v) is 6.55. The summed E-state index contributed by atoms with van der Waals surface area (Å²) < 4.78 is 11.3. The Hall–Kier alpha value is -2.57. The number of piperazine rings is 1. The number of methoxy groups -OCH3 is 1. The number of ether oxygens (including phenoxy) is 2. The summed E-state index contributed by atoms with van der Waals surface area (Å²) >= 11 is 6.25. The number of aliphatic imine (C=N–C) groups is 1. The van der Waals surface area contributed by atoms with Crippen molar-refractivity contribution in [3.05, 3.63) is 52.5 Å². The monoisotopic (exact) mass is 469 g/mol. The van der Waals surface area contributed by atoms with Crippen LogP contribution in [0.1, 0.15) is 44.7 Å². The highest BCUT2D eigenvalue weighted by Crippen LogP contribution is 2.40. The van der Waals surface area contributed by atoms with Gasteiger partial charge in [0.05, 0.1) is 18.1 Å². The van der Waals surface area contributed by atoms with Crippen molar-refractivity contribution in [2.45, 2.75) is 33.6 Å². The van der Waals surface area contributed by atoms with Gasteiger partial charge < -0.3 is 14.4 Å². The molecule has 7 heteroatoms. The number of hydrogen-bond donors (Lipinski definition) is 0. The van der Waals surface area contributed by atoms with Gasteiger partial charge in [0.2, 0.25) is 0 Å². The van der Waals surface area contributed by atoms with Gasteiger partial charge in [0.25, 0.3) is 0 Å². The Morgan fingerprint density at radius 3 is 2.52 bits per heavy atom. The van der Waals surface area contributed by atoms with Crippen molar-refractivity contribution in [2.75, 3.05) is 39.8 Å². The number of benzene rings is 2. The predicted molar refractivity (Wildman–Crippen MR) is 132 cm³/mol. The molecule has 2 aliphatic heterocycles. The standard InChI is InChI=1S/C26H32ClN3O3/c1-17(2)18-6-8-20-22(14-18)33-23-15-19(27)7-9-21(23)28-24(20)30-12-10-29(11-13-30)16-26(3,4)25(31)32-5/h6-9,14-15,17H,10-13,16H2,1-5H3. The normalized spacial score (nSPS) is 16.5. The summed E-state index contributed by atoms with van der Waals surface area (Å²) in [5, 5.41) is 0.621. The molecule has 0 radical (unpaired) electrons. The highest BCUT2D eigenvalue weighted by Gasteiger charge is 2.33. The van der Waals surface area contributed by atoms with E-state index in [0.29, 0.717) is 23.2 Å². The number of hydrogen-bond acceptors (Lipinski definition) is 6. The predicted octanol–water partition coefficient (Wildman–Crippen LogP) is 5.46. The van der Waals surface area contributed by atoms with Crippen molar-refractivity contribution >= 4 is 29.1 Å². The first-order valence-electron chi connectivity index (χ1n) is 11.4. The molecular formula is C26H32ClN3O3. The van der Waals surface area contributed by atoms with Gasteiger partial charge in [-0.25, -0.2) is 4.99 Å². The van der Waals surface area contributed by atoms with Gasteiger partial charge in [-0.2, -0.15) is 0 Å². The molecule has 0 unspecified atom stereocenters. The lowest BCUT2D eigenvalue weighted by Gasteiger charge is -2.39. The Kier molecular flexibility index (Phi) is 6.68. The number of halogens is 1. The van der Waals surface area contributed by atoms with Gasteiger partial charge >= 0.3 is 5.97 Å². The Morgan fingerprint density at radius 2 is 1.85 bits per heavy atom. The van der Waals surface area contributed by atoms with Crippen molar-refractivity contribution in [1.29, 1.82) is 0 Å². The van der Waals surface area contributed by atoms with Crippen LogP contribution in [0.15, 0.2) is 41.4 Å². The minimum absolute atomic E-state index is 0.180. The van der Waals surface area contributed by atoms with Gasteiger partial charge in [-0.3, -0.25) is 9.69 Å². The third-order valence-electron chi connectivity index (χ3n) is 6.31. The maximum absolute atomic E-state index is 12.1. The van der Waals surface area contributed by atoms with E-state index in [0.717, 1.165) is 49.0 Å². The Labute approximate surface area is 201 Å². The van der Waals surface area contributed by atoms with Gasteiger partial charge in [0, 0.05) is 43.8 Å². The van der Waals surface area contributed by atoms with Crippen molar-refractivity contribution in [2.24, 2.45) is 10.4 Å². The molecule has 4 rings (SSSR count). The number of carbonyl (C=O) groups is 1. The summed E-state index contributed by atoms with van der Waals surface area (Å²) in [5.41, 5.74) is 2.43. The van der Waals surface area contributed by atoms with E-state index in [4.69, 9.17) is 26.1 Å². The molecule has 33 heavy (non-hydrogen) atoms. The van der Waals surface area contributed by atoms with E-state index in [1.807, 2.05) is 32.0 Å². The van der Waals surface area contributed by atoms with E-state index in [1.54, 1.807) is 0 Å². The zero-order valence-electron chi connectivity index (χ0n) is 20.0. The highest BCUT2D eigenvalue weighted by atomic mass is 35.5. The van der Waals surface area contributed by atoms with Crippen molar-refractivity contribution in [3.63, 3.8) is 0 Å². The summed E-state index contributed by atoms with van der Waals surface area (Å²) in [5.74, 6) is 2.59. The lowest BCUT2D eigenvalue weighted by atomic mass is 9.92. The van der Waals surface area contributed by atoms with Crippen LogP contribution in [0, 0.1) is 5.41 Å². The quantitative estimate of drug-likeness (QED) is 0.556. The number of fused-ring (bicyclic) bond motifs is 2. The third kappa shape index (κ3) is 5.02. The first kappa shape index (κ1) is 23.6. The van der Waals surface area contributed by atoms with E-state index >= 15 is 0 Å². The summed E-state index contributed by atoms with van der Waals surface area (Å²) in [6.45, 7) is 12.2. The van der Waals surface area contributed by atoms with Gasteiger partial charge in [-0.05, 0) is 49.6 Å². The maximum atomic E-state index is 12.1. The lowest BCUT2D eigenvalue weighted by molar-refractivity contribution is -0.152. The average molecular weight is 470 g/mol. The van der Waals surface area contributed by atoms with Crippen LogP contribution in [0.2, 0.25) is 5.02 Å². The molecule has 6 nitrogen and oxygen atoms in total. The fourth-order valence-corrected chi connectivity index (χ4v) is 4.54. The molecule has 0 atom stereocenters. The van der Waals surface area contributed by atoms with E-state index in [-0.39, 0.29) is 5.97 Å². The van der Waals surface area contributed by atoms with Crippen LogP contribution >= 0.6 is 11.6 Å². The second kappa shape index (κ2) is 9.35. The van der Waals surface area contributed by atoms with E-state index in [2.05, 4.69) is 41.8 Å². The molecule has 1 fully saturated rings. The molecule has 0 spiro atoms. The summed E-state index contributed by atoms with van der Waals surface area (Å²) in [4.78, 5) is 21.8. The molecular weight excluding hydrogens is 438 g/mol. The summed E-state index contributed by atoms with van der Waals surface area (Å²) in [7, 11) is 1.45. The lowest BCUT2D eigenvalue weighted by Crippen LogP contribution is -2.52. The minimum Gasteiger partial charge on any atom is -0.469 e. The number of carbonyl (C=O) groups excluding carboxylic acids is 1. The Bertz CT molecular complexity index is 1070. The fourth-order valence-electron chi connectivity index (χ4n) is 4.38. The van der Waals surface area contributed by atoms with E-state index < -0.39 is 5.41 Å². The number of amidine groups is 1. The minimum atomic E-state index is -0.539. The van der Waals surface area contributed by atoms with Gasteiger partial charge in [0.15, 0.2) is 5.75 Å². The van der Waals surface area contributed by atoms with Crippen molar-refractivity contribution < 1.29 is 14.3 Å². The molecule has 0 N–H and O–H groups in total. The smallest absolute Gasteiger partial charge is 0.312 e. The maximum Gasteiger partial charge on any atom is 0.312 e. The molecule has 2 heterocycles. The number of nitrogens with zero attached hydrogens (tertiary/aromatic N) is 3. The second-order valence-electron chi connectivity index (χ2n) is 9.70. The fraction of sp³-hybridized carbons (Fsp3) is 0.462. The van der Waals surface area contributed by atoms with Crippen LogP contribution in [0.25, 0.3) is 0 Å². The van der Waals surface area contributed by atoms with Crippen molar-refractivity contribution in [3.8, 4) is 11.5 Å². The first-order valence-corrected chi connectivity index (χ1v) is 11.8. The SMILES string of the molecule is COC(=O)C(C)(C)CN1CCN(C2=Nc3ccc(Cl)cc3Oc3cc(C(C)C)ccc32)CC1. The van der Waals surface area contributed by atoms with Gasteiger partial charge in [-0.1, -0.05) is 31.5 Å². The largest absolute Gasteiger partial charge is 0.469 e. The van der Waals surface area contributed by atoms with Gasteiger partial charge in [0.1, 0.15) is 17.3 Å². The van der Waals surface area contributed by atoms with Crippen LogP contribution in [0.3, 0.4) is 0 Å². The van der Waals surface area contributed by atoms with Crippen LogP contribution in [-0.4, -0.2) is 61.4 Å². The molecule has 1 saturated heterocycles. The zero-order chi connectivity index (χ0) is 23.8. The van der Waals surface area contributed by atoms with E-state index in [9.17, 15) is 4.79 Å². The number of rotatable bonds is 4. The van der Waals surface area contributed by atoms with Crippen LogP contribution in [0.4, 0.5) is 5.69 Å². The van der Waals surface area contributed by atoms with E-state index in [1.165, 1.54) is 12.7 Å². The Balaban J connectivity index is 1.62. The van der Waals surface area contributed by atoms with Gasteiger partial charge in [-0.15, -0.1) is 0 Å². The average Bonchev–Trinajstić information content (AvgIpc) is 2.94. The Morgan fingerprint density at radius 1 is 1.12 bits per heavy atom. The molecule has 0 amide bonds.